The molecule has 0 saturated heterocycles. The minimum absolute atomic E-state index is 0.108. The summed E-state index contributed by atoms with van der Waals surface area (Å²) in [7, 11) is 1.79. The second kappa shape index (κ2) is 3.81. The Morgan fingerprint density at radius 2 is 2.12 bits per heavy atom. The standard InChI is InChI=1S/C12H13N3O/c1-8-5-9(7-10(13)6-8)11(16)12-14-3-4-15(12)2/h3-7H,13H2,1-2H3. The van der Waals surface area contributed by atoms with Gasteiger partial charge < -0.3 is 10.3 Å². The molecule has 0 unspecified atom stereocenters. The first-order chi connectivity index (χ1) is 7.58. The van der Waals surface area contributed by atoms with Gasteiger partial charge in [-0.3, -0.25) is 4.79 Å². The summed E-state index contributed by atoms with van der Waals surface area (Å²) in [4.78, 5) is 16.1. The van der Waals surface area contributed by atoms with E-state index < -0.39 is 0 Å². The van der Waals surface area contributed by atoms with Crippen LogP contribution >= 0.6 is 0 Å². The second-order valence-electron chi connectivity index (χ2n) is 3.82. The Morgan fingerprint density at radius 1 is 1.38 bits per heavy atom. The number of aromatic nitrogens is 2. The number of benzene rings is 1. The van der Waals surface area contributed by atoms with E-state index in [1.807, 2.05) is 19.1 Å². The number of imidazole rings is 1. The predicted molar refractivity (Wildman–Crippen MR) is 62.2 cm³/mol. The number of ketones is 1. The SMILES string of the molecule is Cc1cc(N)cc(C(=O)c2nccn2C)c1. The van der Waals surface area contributed by atoms with E-state index in [1.165, 1.54) is 0 Å². The summed E-state index contributed by atoms with van der Waals surface area (Å²) < 4.78 is 1.70. The van der Waals surface area contributed by atoms with Crippen LogP contribution in [0.3, 0.4) is 0 Å². The topological polar surface area (TPSA) is 60.9 Å². The monoisotopic (exact) mass is 215 g/mol. The zero-order chi connectivity index (χ0) is 11.7. The zero-order valence-corrected chi connectivity index (χ0v) is 9.27. The predicted octanol–water partition coefficient (Wildman–Crippen LogP) is 1.54. The first-order valence-electron chi connectivity index (χ1n) is 4.97. The molecule has 0 spiro atoms. The number of aryl methyl sites for hydroxylation is 2. The summed E-state index contributed by atoms with van der Waals surface area (Å²) >= 11 is 0. The Hall–Kier alpha value is -2.10. The lowest BCUT2D eigenvalue weighted by atomic mass is 10.1. The molecular weight excluding hydrogens is 202 g/mol. The maximum atomic E-state index is 12.1. The Morgan fingerprint density at radius 3 is 2.69 bits per heavy atom. The molecule has 2 rings (SSSR count). The van der Waals surface area contributed by atoms with E-state index in [-0.39, 0.29) is 5.78 Å². The average Bonchev–Trinajstić information content (AvgIpc) is 2.62. The number of carbonyl (C=O) groups excluding carboxylic acids is 1. The molecule has 1 heterocycles. The molecule has 0 aliphatic heterocycles. The van der Waals surface area contributed by atoms with E-state index in [1.54, 1.807) is 30.1 Å². The first-order valence-corrected chi connectivity index (χ1v) is 4.97. The summed E-state index contributed by atoms with van der Waals surface area (Å²) in [6.07, 6.45) is 3.35. The number of carbonyl (C=O) groups is 1. The largest absolute Gasteiger partial charge is 0.399 e. The highest BCUT2D eigenvalue weighted by Crippen LogP contribution is 2.14. The van der Waals surface area contributed by atoms with Crippen molar-refractivity contribution in [2.75, 3.05) is 5.73 Å². The quantitative estimate of drug-likeness (QED) is 0.610. The van der Waals surface area contributed by atoms with Crippen molar-refractivity contribution in [2.45, 2.75) is 6.92 Å². The lowest BCUT2D eigenvalue weighted by molar-refractivity contribution is 0.102. The normalized spacial score (nSPS) is 10.4. The van der Waals surface area contributed by atoms with Gasteiger partial charge in [0.1, 0.15) is 0 Å². The highest BCUT2D eigenvalue weighted by Gasteiger charge is 2.14. The van der Waals surface area contributed by atoms with Gasteiger partial charge >= 0.3 is 0 Å². The van der Waals surface area contributed by atoms with Crippen molar-refractivity contribution in [2.24, 2.45) is 7.05 Å². The van der Waals surface area contributed by atoms with Crippen LogP contribution in [0, 0.1) is 6.92 Å². The fraction of sp³-hybridized carbons (Fsp3) is 0.167. The maximum absolute atomic E-state index is 12.1. The molecular formula is C12H13N3O. The van der Waals surface area contributed by atoms with Gasteiger partial charge in [0.2, 0.25) is 5.78 Å². The smallest absolute Gasteiger partial charge is 0.228 e. The van der Waals surface area contributed by atoms with Crippen molar-refractivity contribution >= 4 is 11.5 Å². The van der Waals surface area contributed by atoms with Gasteiger partial charge in [0.25, 0.3) is 0 Å². The van der Waals surface area contributed by atoms with E-state index in [0.29, 0.717) is 17.1 Å². The van der Waals surface area contributed by atoms with Gasteiger partial charge in [0.05, 0.1) is 0 Å². The third-order valence-electron chi connectivity index (χ3n) is 2.39. The third kappa shape index (κ3) is 1.82. The summed E-state index contributed by atoms with van der Waals surface area (Å²) in [6, 6.07) is 5.31. The number of nitrogens with two attached hydrogens (primary N) is 1. The molecule has 0 amide bonds. The van der Waals surface area contributed by atoms with E-state index >= 15 is 0 Å². The van der Waals surface area contributed by atoms with E-state index in [0.717, 1.165) is 5.56 Å². The van der Waals surface area contributed by atoms with Crippen molar-refractivity contribution in [1.29, 1.82) is 0 Å². The zero-order valence-electron chi connectivity index (χ0n) is 9.27. The minimum Gasteiger partial charge on any atom is -0.399 e. The fourth-order valence-electron chi connectivity index (χ4n) is 1.66. The number of hydrogen-bond donors (Lipinski definition) is 1. The van der Waals surface area contributed by atoms with Crippen LogP contribution < -0.4 is 5.73 Å². The summed E-state index contributed by atoms with van der Waals surface area (Å²) in [5.74, 6) is 0.313. The molecule has 0 saturated carbocycles. The number of nitrogens with zero attached hydrogens (tertiary/aromatic N) is 2. The molecule has 1 aromatic heterocycles. The van der Waals surface area contributed by atoms with Crippen LogP contribution in [0.4, 0.5) is 5.69 Å². The first kappa shape index (κ1) is 10.4. The summed E-state index contributed by atoms with van der Waals surface area (Å²) in [5.41, 5.74) is 7.85. The molecule has 0 aliphatic carbocycles. The summed E-state index contributed by atoms with van der Waals surface area (Å²) in [5, 5.41) is 0. The van der Waals surface area contributed by atoms with Crippen LogP contribution in [0.1, 0.15) is 21.7 Å². The van der Waals surface area contributed by atoms with Crippen LogP contribution in [0.2, 0.25) is 0 Å². The minimum atomic E-state index is -0.108. The molecule has 2 N–H and O–H groups in total. The van der Waals surface area contributed by atoms with Gasteiger partial charge in [-0.1, -0.05) is 0 Å². The lowest BCUT2D eigenvalue weighted by Gasteiger charge is -2.04. The van der Waals surface area contributed by atoms with Gasteiger partial charge in [-0.25, -0.2) is 4.98 Å². The lowest BCUT2D eigenvalue weighted by Crippen LogP contribution is -2.09. The molecule has 0 radical (unpaired) electrons. The Bertz CT molecular complexity index is 523. The van der Waals surface area contributed by atoms with E-state index in [4.69, 9.17) is 5.73 Å². The molecule has 2 aromatic rings. The van der Waals surface area contributed by atoms with Gasteiger partial charge in [-0.2, -0.15) is 0 Å². The third-order valence-corrected chi connectivity index (χ3v) is 2.39. The molecule has 0 fully saturated rings. The Balaban J connectivity index is 2.45. The van der Waals surface area contributed by atoms with E-state index in [9.17, 15) is 4.79 Å². The number of nitrogen functional groups attached to an aromatic ring is 1. The molecule has 4 nitrogen and oxygen atoms in total. The molecule has 0 aliphatic rings. The van der Waals surface area contributed by atoms with Gasteiger partial charge in [-0.15, -0.1) is 0 Å². The molecule has 1 aromatic carbocycles. The van der Waals surface area contributed by atoms with Crippen molar-refractivity contribution in [3.63, 3.8) is 0 Å². The highest BCUT2D eigenvalue weighted by molar-refractivity contribution is 6.07. The van der Waals surface area contributed by atoms with Gasteiger partial charge in [-0.05, 0) is 30.7 Å². The van der Waals surface area contributed by atoms with Crippen molar-refractivity contribution < 1.29 is 4.79 Å². The molecule has 0 bridgehead atoms. The summed E-state index contributed by atoms with van der Waals surface area (Å²) in [6.45, 7) is 1.91. The molecule has 4 heteroatoms. The van der Waals surface area contributed by atoms with Crippen LogP contribution in [0.25, 0.3) is 0 Å². The number of hydrogen-bond acceptors (Lipinski definition) is 3. The van der Waals surface area contributed by atoms with Crippen LogP contribution in [-0.4, -0.2) is 15.3 Å². The Labute approximate surface area is 93.7 Å². The van der Waals surface area contributed by atoms with Crippen molar-refractivity contribution in [3.05, 3.63) is 47.5 Å². The number of anilines is 1. The number of rotatable bonds is 2. The molecule has 16 heavy (non-hydrogen) atoms. The van der Waals surface area contributed by atoms with Crippen molar-refractivity contribution in [3.8, 4) is 0 Å². The fourth-order valence-corrected chi connectivity index (χ4v) is 1.66. The van der Waals surface area contributed by atoms with E-state index in [2.05, 4.69) is 4.98 Å². The average molecular weight is 215 g/mol. The van der Waals surface area contributed by atoms with Gasteiger partial charge in [0, 0.05) is 30.7 Å². The second-order valence-corrected chi connectivity index (χ2v) is 3.82. The van der Waals surface area contributed by atoms with Crippen molar-refractivity contribution in [1.82, 2.24) is 9.55 Å². The highest BCUT2D eigenvalue weighted by atomic mass is 16.1. The molecule has 82 valence electrons. The van der Waals surface area contributed by atoms with Crippen LogP contribution in [0.5, 0.6) is 0 Å². The van der Waals surface area contributed by atoms with Gasteiger partial charge in [0.15, 0.2) is 5.82 Å². The maximum Gasteiger partial charge on any atom is 0.228 e. The molecule has 0 atom stereocenters. The van der Waals surface area contributed by atoms with Crippen LogP contribution in [-0.2, 0) is 7.05 Å². The van der Waals surface area contributed by atoms with Crippen LogP contribution in [0.15, 0.2) is 30.6 Å². The Kier molecular flexibility index (Phi) is 2.48.